The summed E-state index contributed by atoms with van der Waals surface area (Å²) in [5.41, 5.74) is 3.23. The maximum Gasteiger partial charge on any atom is 0.231 e. The SMILES string of the molecule is CCC(CO)C(NC)c1ccc2c(c1)CC(=O)N2C. The van der Waals surface area contributed by atoms with Crippen LogP contribution < -0.4 is 10.2 Å². The van der Waals surface area contributed by atoms with E-state index in [1.54, 1.807) is 4.90 Å². The van der Waals surface area contributed by atoms with E-state index in [-0.39, 0.29) is 24.5 Å². The number of carbonyl (C=O) groups excluding carboxylic acids is 1. The summed E-state index contributed by atoms with van der Waals surface area (Å²) in [4.78, 5) is 13.4. The van der Waals surface area contributed by atoms with E-state index in [1.807, 2.05) is 26.2 Å². The Balaban J connectivity index is 2.32. The summed E-state index contributed by atoms with van der Waals surface area (Å²) >= 11 is 0. The van der Waals surface area contributed by atoms with E-state index in [9.17, 15) is 9.90 Å². The summed E-state index contributed by atoms with van der Waals surface area (Å²) in [6.45, 7) is 2.24. The second-order valence-electron chi connectivity index (χ2n) is 5.13. The largest absolute Gasteiger partial charge is 0.396 e. The molecule has 1 aliphatic rings. The second kappa shape index (κ2) is 5.72. The molecule has 104 valence electrons. The van der Waals surface area contributed by atoms with Crippen LogP contribution >= 0.6 is 0 Å². The van der Waals surface area contributed by atoms with Crippen molar-refractivity contribution >= 4 is 11.6 Å². The molecule has 1 amide bonds. The predicted molar refractivity (Wildman–Crippen MR) is 76.2 cm³/mol. The number of hydrogen-bond donors (Lipinski definition) is 2. The molecule has 0 saturated carbocycles. The van der Waals surface area contributed by atoms with Crippen LogP contribution in [0.25, 0.3) is 0 Å². The summed E-state index contributed by atoms with van der Waals surface area (Å²) < 4.78 is 0. The first-order chi connectivity index (χ1) is 9.12. The molecule has 0 fully saturated rings. The van der Waals surface area contributed by atoms with E-state index < -0.39 is 0 Å². The van der Waals surface area contributed by atoms with Crippen molar-refractivity contribution < 1.29 is 9.90 Å². The lowest BCUT2D eigenvalue weighted by Gasteiger charge is -2.25. The summed E-state index contributed by atoms with van der Waals surface area (Å²) in [6.07, 6.45) is 1.39. The van der Waals surface area contributed by atoms with E-state index >= 15 is 0 Å². The molecule has 4 nitrogen and oxygen atoms in total. The molecule has 0 spiro atoms. The molecule has 2 atom stereocenters. The van der Waals surface area contributed by atoms with Gasteiger partial charge in [0.25, 0.3) is 0 Å². The monoisotopic (exact) mass is 262 g/mol. The lowest BCUT2D eigenvalue weighted by Crippen LogP contribution is -2.27. The average Bonchev–Trinajstić information content (AvgIpc) is 2.70. The van der Waals surface area contributed by atoms with Gasteiger partial charge in [0.2, 0.25) is 5.91 Å². The molecule has 19 heavy (non-hydrogen) atoms. The zero-order chi connectivity index (χ0) is 14.0. The zero-order valence-electron chi connectivity index (χ0n) is 11.8. The van der Waals surface area contributed by atoms with Gasteiger partial charge in [0, 0.05) is 31.3 Å². The highest BCUT2D eigenvalue weighted by molar-refractivity contribution is 6.00. The van der Waals surface area contributed by atoms with Crippen molar-refractivity contribution in [2.24, 2.45) is 5.92 Å². The highest BCUT2D eigenvalue weighted by Crippen LogP contribution is 2.32. The van der Waals surface area contributed by atoms with Gasteiger partial charge in [0.15, 0.2) is 0 Å². The summed E-state index contributed by atoms with van der Waals surface area (Å²) in [5, 5.41) is 12.7. The topological polar surface area (TPSA) is 52.6 Å². The van der Waals surface area contributed by atoms with Crippen molar-refractivity contribution in [2.45, 2.75) is 25.8 Å². The minimum atomic E-state index is 0.126. The Kier molecular flexibility index (Phi) is 4.22. The van der Waals surface area contributed by atoms with Crippen molar-refractivity contribution in [3.05, 3.63) is 29.3 Å². The maximum atomic E-state index is 11.7. The Morgan fingerprint density at radius 2 is 2.21 bits per heavy atom. The molecular weight excluding hydrogens is 240 g/mol. The van der Waals surface area contributed by atoms with Gasteiger partial charge in [-0.2, -0.15) is 0 Å². The second-order valence-corrected chi connectivity index (χ2v) is 5.13. The molecule has 1 aliphatic heterocycles. The van der Waals surface area contributed by atoms with E-state index in [2.05, 4.69) is 18.3 Å². The van der Waals surface area contributed by atoms with E-state index in [0.29, 0.717) is 6.42 Å². The van der Waals surface area contributed by atoms with Gasteiger partial charge >= 0.3 is 0 Å². The first-order valence-corrected chi connectivity index (χ1v) is 6.79. The number of fused-ring (bicyclic) bond motifs is 1. The number of anilines is 1. The Morgan fingerprint density at radius 1 is 1.47 bits per heavy atom. The van der Waals surface area contributed by atoms with Gasteiger partial charge in [-0.25, -0.2) is 0 Å². The van der Waals surface area contributed by atoms with Crippen LogP contribution in [0.15, 0.2) is 18.2 Å². The first kappa shape index (κ1) is 14.0. The van der Waals surface area contributed by atoms with Crippen LogP contribution in [0.5, 0.6) is 0 Å². The fraction of sp³-hybridized carbons (Fsp3) is 0.533. The van der Waals surface area contributed by atoms with Gasteiger partial charge in [-0.1, -0.05) is 19.1 Å². The minimum Gasteiger partial charge on any atom is -0.396 e. The van der Waals surface area contributed by atoms with Crippen molar-refractivity contribution in [3.63, 3.8) is 0 Å². The molecule has 4 heteroatoms. The number of aliphatic hydroxyl groups is 1. The molecule has 1 aromatic carbocycles. The van der Waals surface area contributed by atoms with Crippen molar-refractivity contribution in [1.82, 2.24) is 5.32 Å². The third-order valence-corrected chi connectivity index (χ3v) is 4.08. The lowest BCUT2D eigenvalue weighted by molar-refractivity contribution is -0.117. The normalized spacial score (nSPS) is 17.5. The van der Waals surface area contributed by atoms with Crippen LogP contribution in [0.4, 0.5) is 5.69 Å². The predicted octanol–water partition coefficient (Wildman–Crippen LogP) is 1.48. The van der Waals surface area contributed by atoms with Crippen molar-refractivity contribution in [3.8, 4) is 0 Å². The molecule has 0 bridgehead atoms. The fourth-order valence-electron chi connectivity index (χ4n) is 2.83. The van der Waals surface area contributed by atoms with E-state index in [4.69, 9.17) is 0 Å². The molecular formula is C15H22N2O2. The van der Waals surface area contributed by atoms with Gasteiger partial charge < -0.3 is 15.3 Å². The van der Waals surface area contributed by atoms with E-state index in [0.717, 1.165) is 23.2 Å². The van der Waals surface area contributed by atoms with E-state index in [1.165, 1.54) is 0 Å². The molecule has 0 radical (unpaired) electrons. The van der Waals surface area contributed by atoms with Gasteiger partial charge in [0.05, 0.1) is 6.42 Å². The molecule has 2 rings (SSSR count). The number of likely N-dealkylation sites (N-methyl/N-ethyl adjacent to an activating group) is 1. The van der Waals surface area contributed by atoms with Crippen LogP contribution in [0.1, 0.15) is 30.5 Å². The Hall–Kier alpha value is -1.39. The van der Waals surface area contributed by atoms with Gasteiger partial charge in [0.1, 0.15) is 0 Å². The number of hydrogen-bond acceptors (Lipinski definition) is 3. The molecule has 0 aliphatic carbocycles. The Morgan fingerprint density at radius 3 is 2.79 bits per heavy atom. The number of carbonyl (C=O) groups is 1. The fourth-order valence-corrected chi connectivity index (χ4v) is 2.83. The van der Waals surface area contributed by atoms with Crippen LogP contribution in [0.2, 0.25) is 0 Å². The van der Waals surface area contributed by atoms with Gasteiger partial charge in [-0.15, -0.1) is 0 Å². The quantitative estimate of drug-likeness (QED) is 0.845. The molecule has 2 unspecified atom stereocenters. The third kappa shape index (κ3) is 2.51. The number of benzene rings is 1. The summed E-state index contributed by atoms with van der Waals surface area (Å²) in [6, 6.07) is 6.27. The smallest absolute Gasteiger partial charge is 0.231 e. The van der Waals surface area contributed by atoms with Gasteiger partial charge in [-0.05, 0) is 30.7 Å². The minimum absolute atomic E-state index is 0.126. The van der Waals surface area contributed by atoms with Crippen LogP contribution in [0.3, 0.4) is 0 Å². The summed E-state index contributed by atoms with van der Waals surface area (Å²) in [7, 11) is 3.72. The van der Waals surface area contributed by atoms with Crippen LogP contribution in [-0.2, 0) is 11.2 Å². The number of amides is 1. The molecule has 1 heterocycles. The number of nitrogens with one attached hydrogen (secondary N) is 1. The molecule has 1 aromatic rings. The maximum absolute atomic E-state index is 11.7. The van der Waals surface area contributed by atoms with Crippen molar-refractivity contribution in [2.75, 3.05) is 25.6 Å². The summed E-state index contributed by atoms with van der Waals surface area (Å²) in [5.74, 6) is 0.334. The standard InChI is InChI=1S/C15H22N2O2/c1-4-10(9-18)15(16-2)11-5-6-13-12(7-11)8-14(19)17(13)3/h5-7,10,15-16,18H,4,8-9H2,1-3H3. The zero-order valence-corrected chi connectivity index (χ0v) is 11.8. The third-order valence-electron chi connectivity index (χ3n) is 4.08. The Labute approximate surface area is 114 Å². The van der Waals surface area contributed by atoms with Crippen LogP contribution in [-0.4, -0.2) is 31.7 Å². The van der Waals surface area contributed by atoms with Crippen LogP contribution in [0, 0.1) is 5.92 Å². The highest BCUT2D eigenvalue weighted by Gasteiger charge is 2.26. The van der Waals surface area contributed by atoms with Gasteiger partial charge in [-0.3, -0.25) is 4.79 Å². The molecule has 0 saturated heterocycles. The number of rotatable bonds is 5. The first-order valence-electron chi connectivity index (χ1n) is 6.79. The number of aliphatic hydroxyl groups excluding tert-OH is 1. The molecule has 0 aromatic heterocycles. The van der Waals surface area contributed by atoms with Crippen molar-refractivity contribution in [1.29, 1.82) is 0 Å². The number of nitrogens with zero attached hydrogens (tertiary/aromatic N) is 1. The highest BCUT2D eigenvalue weighted by atomic mass is 16.3. The lowest BCUT2D eigenvalue weighted by atomic mass is 9.90. The Bertz CT molecular complexity index is 469. The molecule has 2 N–H and O–H groups in total. The average molecular weight is 262 g/mol.